The molecule has 180 valence electrons. The number of aromatic carboxylic acids is 1. The Morgan fingerprint density at radius 3 is 2.37 bits per heavy atom. The van der Waals surface area contributed by atoms with Gasteiger partial charge in [0.1, 0.15) is 12.3 Å². The number of nitrogens with zero attached hydrogens (tertiary/aromatic N) is 2. The van der Waals surface area contributed by atoms with Gasteiger partial charge in [0, 0.05) is 19.0 Å². The van der Waals surface area contributed by atoms with E-state index in [1.165, 1.54) is 13.1 Å². The van der Waals surface area contributed by atoms with Crippen molar-refractivity contribution < 1.29 is 29.0 Å². The number of carboxylic acid groups (broad SMARTS) is 1. The molecule has 1 aromatic heterocycles. The van der Waals surface area contributed by atoms with E-state index in [-0.39, 0.29) is 37.3 Å². The normalized spacial score (nSPS) is 18.5. The molecular weight excluding hydrogens is 452 g/mol. The maximum atomic E-state index is 12.8. The number of hydrogen-bond donors (Lipinski definition) is 3. The molecule has 3 aromatic rings. The van der Waals surface area contributed by atoms with Gasteiger partial charge < -0.3 is 25.2 Å². The van der Waals surface area contributed by atoms with E-state index in [0.29, 0.717) is 0 Å². The number of alkyl carbamates (subject to hydrolysis) is 1. The lowest BCUT2D eigenvalue weighted by atomic mass is 9.98. The number of carbonyl (C=O) groups is 3. The summed E-state index contributed by atoms with van der Waals surface area (Å²) in [6.07, 6.45) is -0.633. The average Bonchev–Trinajstić information content (AvgIpc) is 3.53. The second-order valence-electron chi connectivity index (χ2n) is 8.55. The molecule has 10 heteroatoms. The number of aromatic nitrogens is 2. The summed E-state index contributed by atoms with van der Waals surface area (Å²) in [7, 11) is 1.47. The zero-order valence-electron chi connectivity index (χ0n) is 18.9. The van der Waals surface area contributed by atoms with Crippen molar-refractivity contribution in [2.75, 3.05) is 25.1 Å². The van der Waals surface area contributed by atoms with Gasteiger partial charge >= 0.3 is 12.1 Å². The van der Waals surface area contributed by atoms with Crippen LogP contribution in [0.3, 0.4) is 0 Å². The predicted molar refractivity (Wildman–Crippen MR) is 125 cm³/mol. The van der Waals surface area contributed by atoms with Gasteiger partial charge in [-0.05, 0) is 22.3 Å². The van der Waals surface area contributed by atoms with Crippen molar-refractivity contribution >= 4 is 23.8 Å². The summed E-state index contributed by atoms with van der Waals surface area (Å²) >= 11 is 0. The Morgan fingerprint density at radius 1 is 1.09 bits per heavy atom. The predicted octanol–water partition coefficient (Wildman–Crippen LogP) is 2.61. The quantitative estimate of drug-likeness (QED) is 0.498. The second-order valence-corrected chi connectivity index (χ2v) is 8.55. The van der Waals surface area contributed by atoms with Crippen molar-refractivity contribution in [1.29, 1.82) is 0 Å². The molecule has 2 aromatic carbocycles. The van der Waals surface area contributed by atoms with Crippen LogP contribution < -0.4 is 10.6 Å². The lowest BCUT2D eigenvalue weighted by molar-refractivity contribution is -0.120. The fraction of sp³-hybridized carbons (Fsp3) is 0.280. The zero-order valence-corrected chi connectivity index (χ0v) is 18.9. The van der Waals surface area contributed by atoms with Crippen LogP contribution in [0.1, 0.15) is 27.5 Å². The Bertz CT molecular complexity index is 1260. The van der Waals surface area contributed by atoms with Gasteiger partial charge in [-0.3, -0.25) is 9.48 Å². The average molecular weight is 476 g/mol. The molecule has 1 saturated heterocycles. The molecule has 3 N–H and O–H groups in total. The van der Waals surface area contributed by atoms with Crippen molar-refractivity contribution in [1.82, 2.24) is 15.1 Å². The van der Waals surface area contributed by atoms with Crippen molar-refractivity contribution in [2.45, 2.75) is 12.0 Å². The monoisotopic (exact) mass is 476 g/mol. The highest BCUT2D eigenvalue weighted by molar-refractivity contribution is 5.94. The molecule has 0 bridgehead atoms. The van der Waals surface area contributed by atoms with Gasteiger partial charge in [0.15, 0.2) is 5.82 Å². The Kier molecular flexibility index (Phi) is 5.96. The van der Waals surface area contributed by atoms with E-state index < -0.39 is 29.9 Å². The zero-order chi connectivity index (χ0) is 24.5. The number of ether oxygens (including phenoxy) is 2. The van der Waals surface area contributed by atoms with Crippen molar-refractivity contribution in [2.24, 2.45) is 13.0 Å². The number of benzene rings is 2. The first-order valence-electron chi connectivity index (χ1n) is 11.2. The molecule has 1 aliphatic carbocycles. The summed E-state index contributed by atoms with van der Waals surface area (Å²) in [4.78, 5) is 36.6. The maximum absolute atomic E-state index is 12.8. The topological polar surface area (TPSA) is 132 Å². The standard InChI is InChI=1S/C25H24N4O6/c1-29-21(24(31)32)10-22(28-29)27-23(30)19-11-34-13-20(19)26-25(33)35-12-18-16-8-4-2-6-14(16)15-7-3-5-9-17(15)18/h2-10,18-20H,11-13H2,1H3,(H,26,33)(H,31,32)(H,27,28,30). The van der Waals surface area contributed by atoms with E-state index in [9.17, 15) is 14.4 Å². The number of fused-ring (bicyclic) bond motifs is 3. The summed E-state index contributed by atoms with van der Waals surface area (Å²) in [5.74, 6) is -2.21. The van der Waals surface area contributed by atoms with Crippen LogP contribution in [-0.4, -0.2) is 58.7 Å². The Morgan fingerprint density at radius 2 is 1.74 bits per heavy atom. The molecule has 2 aliphatic rings. The third-order valence-electron chi connectivity index (χ3n) is 6.41. The number of nitrogens with one attached hydrogen (secondary N) is 2. The number of carbonyl (C=O) groups excluding carboxylic acids is 2. The molecule has 0 saturated carbocycles. The van der Waals surface area contributed by atoms with Crippen molar-refractivity contribution in [3.63, 3.8) is 0 Å². The number of hydrogen-bond acceptors (Lipinski definition) is 6. The molecule has 2 atom stereocenters. The minimum Gasteiger partial charge on any atom is -0.477 e. The van der Waals surface area contributed by atoms with E-state index in [1.807, 2.05) is 36.4 Å². The van der Waals surface area contributed by atoms with Crippen LogP contribution in [0.2, 0.25) is 0 Å². The van der Waals surface area contributed by atoms with Gasteiger partial charge in [-0.25, -0.2) is 9.59 Å². The molecule has 5 rings (SSSR count). The van der Waals surface area contributed by atoms with Gasteiger partial charge in [-0.2, -0.15) is 5.10 Å². The van der Waals surface area contributed by atoms with Crippen LogP contribution >= 0.6 is 0 Å². The summed E-state index contributed by atoms with van der Waals surface area (Å²) in [5, 5.41) is 18.5. The Balaban J connectivity index is 1.20. The van der Waals surface area contributed by atoms with Gasteiger partial charge in [-0.1, -0.05) is 48.5 Å². The highest BCUT2D eigenvalue weighted by atomic mass is 16.5. The van der Waals surface area contributed by atoms with Gasteiger partial charge in [0.05, 0.1) is 25.2 Å². The first-order chi connectivity index (χ1) is 16.9. The third kappa shape index (κ3) is 4.35. The van der Waals surface area contributed by atoms with Crippen molar-refractivity contribution in [3.8, 4) is 11.1 Å². The van der Waals surface area contributed by atoms with E-state index in [2.05, 4.69) is 27.9 Å². The molecule has 2 amide bonds. The minimum absolute atomic E-state index is 0.0590. The van der Waals surface area contributed by atoms with E-state index in [0.717, 1.165) is 26.9 Å². The number of amides is 2. The fourth-order valence-corrected chi connectivity index (χ4v) is 4.69. The first kappa shape index (κ1) is 22.6. The smallest absolute Gasteiger partial charge is 0.407 e. The van der Waals surface area contributed by atoms with Crippen LogP contribution in [0.5, 0.6) is 0 Å². The largest absolute Gasteiger partial charge is 0.477 e. The number of aryl methyl sites for hydroxylation is 1. The highest BCUT2D eigenvalue weighted by Crippen LogP contribution is 2.44. The molecule has 0 radical (unpaired) electrons. The molecule has 2 heterocycles. The summed E-state index contributed by atoms with van der Waals surface area (Å²) in [6.45, 7) is 0.430. The number of anilines is 1. The molecule has 10 nitrogen and oxygen atoms in total. The van der Waals surface area contributed by atoms with Gasteiger partial charge in [0.25, 0.3) is 0 Å². The van der Waals surface area contributed by atoms with Crippen LogP contribution in [0, 0.1) is 5.92 Å². The first-order valence-corrected chi connectivity index (χ1v) is 11.2. The van der Waals surface area contributed by atoms with Crippen LogP contribution in [0.4, 0.5) is 10.6 Å². The molecule has 0 spiro atoms. The van der Waals surface area contributed by atoms with E-state index in [1.54, 1.807) is 0 Å². The summed E-state index contributed by atoms with van der Waals surface area (Å²) in [5.41, 5.74) is 4.44. The number of carboxylic acids is 1. The van der Waals surface area contributed by atoms with Crippen LogP contribution in [0.25, 0.3) is 11.1 Å². The maximum Gasteiger partial charge on any atom is 0.407 e. The van der Waals surface area contributed by atoms with Crippen LogP contribution in [0.15, 0.2) is 54.6 Å². The lowest BCUT2D eigenvalue weighted by Gasteiger charge is -2.19. The highest BCUT2D eigenvalue weighted by Gasteiger charge is 2.36. The summed E-state index contributed by atoms with van der Waals surface area (Å²) < 4.78 is 12.2. The molecule has 1 aliphatic heterocycles. The molecule has 2 unspecified atom stereocenters. The van der Waals surface area contributed by atoms with Crippen LogP contribution in [-0.2, 0) is 21.3 Å². The number of rotatable bonds is 6. The Labute approximate surface area is 200 Å². The van der Waals surface area contributed by atoms with Gasteiger partial charge in [0.2, 0.25) is 5.91 Å². The third-order valence-corrected chi connectivity index (χ3v) is 6.41. The Hall–Kier alpha value is -4.18. The molecular formula is C25H24N4O6. The van der Waals surface area contributed by atoms with Crippen molar-refractivity contribution in [3.05, 3.63) is 71.4 Å². The SMILES string of the molecule is Cn1nc(NC(=O)C2COCC2NC(=O)OCC2c3ccccc3-c3ccccc32)cc1C(=O)O. The second kappa shape index (κ2) is 9.22. The van der Waals surface area contributed by atoms with E-state index in [4.69, 9.17) is 14.6 Å². The molecule has 35 heavy (non-hydrogen) atoms. The van der Waals surface area contributed by atoms with Gasteiger partial charge in [-0.15, -0.1) is 0 Å². The molecule has 1 fully saturated rings. The lowest BCUT2D eigenvalue weighted by Crippen LogP contribution is -2.44. The van der Waals surface area contributed by atoms with E-state index >= 15 is 0 Å². The summed E-state index contributed by atoms with van der Waals surface area (Å²) in [6, 6.07) is 16.8. The fourth-order valence-electron chi connectivity index (χ4n) is 4.69. The minimum atomic E-state index is -1.15.